The molecule has 1 aromatic carbocycles. The Morgan fingerprint density at radius 3 is 2.41 bits per heavy atom. The van der Waals surface area contributed by atoms with Crippen molar-refractivity contribution in [1.82, 2.24) is 14.5 Å². The van der Waals surface area contributed by atoms with Crippen LogP contribution in [0.3, 0.4) is 0 Å². The van der Waals surface area contributed by atoms with Crippen LogP contribution >= 0.6 is 0 Å². The van der Waals surface area contributed by atoms with Gasteiger partial charge in [0.1, 0.15) is 5.82 Å². The molecule has 5 nitrogen and oxygen atoms in total. The lowest BCUT2D eigenvalue weighted by molar-refractivity contribution is 0.153. The Labute approximate surface area is 132 Å². The molecule has 2 rings (SSSR count). The molecule has 0 aliphatic carbocycles. The van der Waals surface area contributed by atoms with Crippen molar-refractivity contribution in [2.75, 3.05) is 46.3 Å². The van der Waals surface area contributed by atoms with E-state index >= 15 is 0 Å². The number of nitrogens with zero attached hydrogens (tertiary/aromatic N) is 2. The zero-order valence-corrected chi connectivity index (χ0v) is 13.8. The molecular weight excluding hydrogens is 305 g/mol. The Kier molecular flexibility index (Phi) is 6.31. The van der Waals surface area contributed by atoms with Crippen LogP contribution in [0.1, 0.15) is 12.0 Å². The fraction of sp³-hybridized carbons (Fsp3) is 0.600. The predicted octanol–water partition coefficient (Wildman–Crippen LogP) is 0.883. The molecule has 0 spiro atoms. The summed E-state index contributed by atoms with van der Waals surface area (Å²) in [4.78, 5) is 4.65. The molecule has 1 N–H and O–H groups in total. The van der Waals surface area contributed by atoms with Gasteiger partial charge in [-0.3, -0.25) is 0 Å². The summed E-state index contributed by atoms with van der Waals surface area (Å²) in [6.07, 6.45) is 0.798. The summed E-state index contributed by atoms with van der Waals surface area (Å²) in [7, 11) is -1.25. The predicted molar refractivity (Wildman–Crippen MR) is 85.6 cm³/mol. The molecule has 1 aliphatic rings. The van der Waals surface area contributed by atoms with Crippen molar-refractivity contribution < 1.29 is 12.8 Å². The van der Waals surface area contributed by atoms with Crippen molar-refractivity contribution in [3.8, 4) is 0 Å². The van der Waals surface area contributed by atoms with E-state index in [0.717, 1.165) is 39.1 Å². The Morgan fingerprint density at radius 1 is 1.14 bits per heavy atom. The maximum Gasteiger partial charge on any atom is 0.215 e. The number of sulfonamides is 1. The molecule has 0 atom stereocenters. The van der Waals surface area contributed by atoms with Gasteiger partial charge < -0.3 is 9.80 Å². The lowest BCUT2D eigenvalue weighted by Gasteiger charge is -2.32. The van der Waals surface area contributed by atoms with E-state index < -0.39 is 10.0 Å². The third kappa shape index (κ3) is 6.00. The van der Waals surface area contributed by atoms with Crippen molar-refractivity contribution in [3.05, 3.63) is 35.6 Å². The van der Waals surface area contributed by atoms with Gasteiger partial charge in [0.2, 0.25) is 10.0 Å². The fourth-order valence-corrected chi connectivity index (χ4v) is 3.64. The van der Waals surface area contributed by atoms with E-state index in [0.29, 0.717) is 12.1 Å². The van der Waals surface area contributed by atoms with Gasteiger partial charge in [-0.2, -0.15) is 0 Å². The van der Waals surface area contributed by atoms with Crippen molar-refractivity contribution in [2.24, 2.45) is 0 Å². The number of likely N-dealkylation sites (N-methyl/N-ethyl adjacent to an activating group) is 1. The van der Waals surface area contributed by atoms with Crippen LogP contribution in [-0.4, -0.2) is 64.5 Å². The molecule has 124 valence electrons. The third-order valence-electron chi connectivity index (χ3n) is 3.84. The van der Waals surface area contributed by atoms with Crippen LogP contribution in [0.25, 0.3) is 0 Å². The van der Waals surface area contributed by atoms with Crippen LogP contribution in [0.15, 0.2) is 24.3 Å². The van der Waals surface area contributed by atoms with Gasteiger partial charge in [-0.25, -0.2) is 17.5 Å². The van der Waals surface area contributed by atoms with Crippen LogP contribution in [0.5, 0.6) is 0 Å². The molecule has 0 unspecified atom stereocenters. The van der Waals surface area contributed by atoms with Crippen LogP contribution < -0.4 is 4.72 Å². The average molecular weight is 329 g/mol. The topological polar surface area (TPSA) is 52.6 Å². The molecule has 22 heavy (non-hydrogen) atoms. The molecule has 1 heterocycles. The van der Waals surface area contributed by atoms with Gasteiger partial charge in [0.05, 0.1) is 5.75 Å². The second kappa shape index (κ2) is 8.01. The number of rotatable bonds is 7. The minimum absolute atomic E-state index is 0.109. The highest BCUT2D eigenvalue weighted by atomic mass is 32.2. The summed E-state index contributed by atoms with van der Waals surface area (Å²) in [5, 5.41) is 0. The average Bonchev–Trinajstić information content (AvgIpc) is 2.48. The second-order valence-electron chi connectivity index (χ2n) is 5.78. The van der Waals surface area contributed by atoms with Crippen molar-refractivity contribution in [3.63, 3.8) is 0 Å². The molecule has 0 saturated carbocycles. The Balaban J connectivity index is 1.68. The fourth-order valence-electron chi connectivity index (χ4n) is 2.45. The van der Waals surface area contributed by atoms with E-state index in [1.165, 1.54) is 24.3 Å². The van der Waals surface area contributed by atoms with Crippen molar-refractivity contribution >= 4 is 10.0 Å². The molecule has 0 radical (unpaired) electrons. The van der Waals surface area contributed by atoms with Gasteiger partial charge in [-0.15, -0.1) is 0 Å². The van der Waals surface area contributed by atoms with Gasteiger partial charge in [0, 0.05) is 32.7 Å². The zero-order valence-electron chi connectivity index (χ0n) is 13.0. The highest BCUT2D eigenvalue weighted by Gasteiger charge is 2.14. The largest absolute Gasteiger partial charge is 0.304 e. The van der Waals surface area contributed by atoms with E-state index in [2.05, 4.69) is 21.6 Å². The van der Waals surface area contributed by atoms with Gasteiger partial charge in [0.25, 0.3) is 0 Å². The highest BCUT2D eigenvalue weighted by Crippen LogP contribution is 2.07. The summed E-state index contributed by atoms with van der Waals surface area (Å²) in [6, 6.07) is 5.55. The van der Waals surface area contributed by atoms with Crippen LogP contribution in [-0.2, 0) is 15.8 Å². The van der Waals surface area contributed by atoms with E-state index in [1.807, 2.05) is 0 Å². The van der Waals surface area contributed by atoms with Crippen LogP contribution in [0.2, 0.25) is 0 Å². The minimum Gasteiger partial charge on any atom is -0.304 e. The number of halogens is 1. The van der Waals surface area contributed by atoms with Crippen molar-refractivity contribution in [2.45, 2.75) is 12.2 Å². The number of benzene rings is 1. The standard InChI is InChI=1S/C15H24FN3O2S/c1-18-9-11-19(12-10-18)8-2-7-17-22(20,21)13-14-3-5-15(16)6-4-14/h3-6,17H,2,7-13H2,1H3. The monoisotopic (exact) mass is 329 g/mol. The molecule has 0 aromatic heterocycles. The molecule has 0 bridgehead atoms. The Bertz CT molecular complexity index is 555. The summed E-state index contributed by atoms with van der Waals surface area (Å²) < 4.78 is 39.3. The van der Waals surface area contributed by atoms with Crippen molar-refractivity contribution in [1.29, 1.82) is 0 Å². The van der Waals surface area contributed by atoms with E-state index in [1.54, 1.807) is 0 Å². The summed E-state index contributed by atoms with van der Waals surface area (Å²) in [5.74, 6) is -0.469. The first-order valence-electron chi connectivity index (χ1n) is 7.57. The first-order chi connectivity index (χ1) is 10.4. The van der Waals surface area contributed by atoms with E-state index in [4.69, 9.17) is 0 Å². The lowest BCUT2D eigenvalue weighted by Crippen LogP contribution is -2.45. The summed E-state index contributed by atoms with van der Waals surface area (Å²) in [5.41, 5.74) is 0.591. The summed E-state index contributed by atoms with van der Waals surface area (Å²) >= 11 is 0. The lowest BCUT2D eigenvalue weighted by atomic mass is 10.2. The molecule has 1 aliphatic heterocycles. The van der Waals surface area contributed by atoms with E-state index in [9.17, 15) is 12.8 Å². The van der Waals surface area contributed by atoms with Gasteiger partial charge in [-0.1, -0.05) is 12.1 Å². The molecule has 0 amide bonds. The molecule has 1 fully saturated rings. The van der Waals surface area contributed by atoms with E-state index in [-0.39, 0.29) is 11.6 Å². The maximum absolute atomic E-state index is 12.8. The molecule has 1 aromatic rings. The van der Waals surface area contributed by atoms with Crippen LogP contribution in [0, 0.1) is 5.82 Å². The molecule has 7 heteroatoms. The maximum atomic E-state index is 12.8. The van der Waals surface area contributed by atoms with Gasteiger partial charge in [-0.05, 0) is 37.7 Å². The third-order valence-corrected chi connectivity index (χ3v) is 5.20. The first kappa shape index (κ1) is 17.3. The first-order valence-corrected chi connectivity index (χ1v) is 9.22. The van der Waals surface area contributed by atoms with Crippen LogP contribution in [0.4, 0.5) is 4.39 Å². The normalized spacial score (nSPS) is 17.7. The Hall–Kier alpha value is -1.02. The quantitative estimate of drug-likeness (QED) is 0.755. The highest BCUT2D eigenvalue weighted by molar-refractivity contribution is 7.88. The second-order valence-corrected chi connectivity index (χ2v) is 7.59. The molecule has 1 saturated heterocycles. The van der Waals surface area contributed by atoms with Gasteiger partial charge in [0.15, 0.2) is 0 Å². The molecular formula is C15H24FN3O2S. The summed E-state index contributed by atoms with van der Waals surface area (Å²) in [6.45, 7) is 5.56. The van der Waals surface area contributed by atoms with Gasteiger partial charge >= 0.3 is 0 Å². The number of nitrogens with one attached hydrogen (secondary N) is 1. The Morgan fingerprint density at radius 2 is 1.77 bits per heavy atom. The smallest absolute Gasteiger partial charge is 0.215 e. The minimum atomic E-state index is -3.36. The number of hydrogen-bond donors (Lipinski definition) is 1. The number of piperazine rings is 1. The zero-order chi connectivity index (χ0) is 16.0. The SMILES string of the molecule is CN1CCN(CCCNS(=O)(=O)Cc2ccc(F)cc2)CC1. The number of hydrogen-bond acceptors (Lipinski definition) is 4.